The molecule has 13 heteroatoms. The molecular weight excluding hydrogens is 555 g/mol. The van der Waals surface area contributed by atoms with Crippen LogP contribution >= 0.6 is 0 Å². The molecule has 1 saturated heterocycles. The summed E-state index contributed by atoms with van der Waals surface area (Å²) < 4.78 is 46.1. The fourth-order valence-electron chi connectivity index (χ4n) is 5.93. The van der Waals surface area contributed by atoms with Gasteiger partial charge in [0.05, 0.1) is 11.5 Å². The molecule has 2 aliphatic heterocycles. The van der Waals surface area contributed by atoms with E-state index in [9.17, 15) is 32.3 Å². The van der Waals surface area contributed by atoms with Crippen molar-refractivity contribution in [2.75, 3.05) is 30.3 Å². The maximum absolute atomic E-state index is 13.6. The fraction of sp³-hybridized carbons (Fsp3) is 0.483. The van der Waals surface area contributed by atoms with Gasteiger partial charge in [-0.25, -0.2) is 9.78 Å². The van der Waals surface area contributed by atoms with E-state index in [1.165, 1.54) is 4.90 Å². The lowest BCUT2D eigenvalue weighted by atomic mass is 9.79. The third-order valence-electron chi connectivity index (χ3n) is 7.77. The van der Waals surface area contributed by atoms with Crippen LogP contribution in [0.1, 0.15) is 50.3 Å². The van der Waals surface area contributed by atoms with Crippen LogP contribution in [0.15, 0.2) is 36.5 Å². The summed E-state index contributed by atoms with van der Waals surface area (Å²) in [4.78, 5) is 56.9. The number of piperidine rings is 1. The number of likely N-dealkylation sites (tertiary alicyclic amines) is 1. The van der Waals surface area contributed by atoms with Crippen LogP contribution in [0, 0.1) is 0 Å². The predicted octanol–water partition coefficient (Wildman–Crippen LogP) is 3.80. The second-order valence-electron chi connectivity index (χ2n) is 12.0. The molecule has 1 fully saturated rings. The number of carbonyl (C=O) groups is 4. The van der Waals surface area contributed by atoms with E-state index in [0.29, 0.717) is 35.7 Å². The van der Waals surface area contributed by atoms with Gasteiger partial charge in [-0.2, -0.15) is 13.2 Å². The van der Waals surface area contributed by atoms with Crippen molar-refractivity contribution in [3.05, 3.63) is 53.2 Å². The number of hydrogen-bond acceptors (Lipinski definition) is 6. The monoisotopic (exact) mass is 587 g/mol. The molecule has 4 amide bonds. The van der Waals surface area contributed by atoms with Crippen molar-refractivity contribution in [2.45, 2.75) is 69.7 Å². The minimum Gasteiger partial charge on any atom is -0.444 e. The van der Waals surface area contributed by atoms with Gasteiger partial charge in [-0.1, -0.05) is 12.1 Å². The van der Waals surface area contributed by atoms with Crippen molar-refractivity contribution in [2.24, 2.45) is 0 Å². The zero-order valence-electron chi connectivity index (χ0n) is 23.5. The molecule has 3 aliphatic rings. The Balaban J connectivity index is 1.30. The van der Waals surface area contributed by atoms with Crippen LogP contribution in [0.5, 0.6) is 0 Å². The first-order valence-electron chi connectivity index (χ1n) is 13.7. The Morgan fingerprint density at radius 3 is 2.62 bits per heavy atom. The van der Waals surface area contributed by atoms with Crippen LogP contribution in [-0.4, -0.2) is 76.1 Å². The van der Waals surface area contributed by atoms with E-state index < -0.39 is 47.7 Å². The van der Waals surface area contributed by atoms with Gasteiger partial charge in [0.25, 0.3) is 0 Å². The van der Waals surface area contributed by atoms with E-state index >= 15 is 0 Å². The largest absolute Gasteiger partial charge is 0.471 e. The number of aromatic nitrogens is 1. The van der Waals surface area contributed by atoms with Crippen molar-refractivity contribution in [1.82, 2.24) is 14.8 Å². The summed E-state index contributed by atoms with van der Waals surface area (Å²) in [5.74, 6) is -2.61. The van der Waals surface area contributed by atoms with Crippen LogP contribution in [0.3, 0.4) is 0 Å². The number of anilines is 2. The molecule has 1 aromatic carbocycles. The van der Waals surface area contributed by atoms with Gasteiger partial charge in [0.1, 0.15) is 18.0 Å². The summed E-state index contributed by atoms with van der Waals surface area (Å²) in [6, 6.07) is 7.69. The molecule has 42 heavy (non-hydrogen) atoms. The molecule has 0 bridgehead atoms. The summed E-state index contributed by atoms with van der Waals surface area (Å²) in [6.07, 6.45) is -2.95. The smallest absolute Gasteiger partial charge is 0.444 e. The lowest BCUT2D eigenvalue weighted by Gasteiger charge is -2.39. The first kappa shape index (κ1) is 29.3. The number of nitrogens with one attached hydrogen (secondary N) is 2. The van der Waals surface area contributed by atoms with E-state index in [4.69, 9.17) is 4.74 Å². The maximum Gasteiger partial charge on any atom is 0.471 e. The molecular formula is C29H32F3N5O5. The van der Waals surface area contributed by atoms with Gasteiger partial charge < -0.3 is 25.2 Å². The van der Waals surface area contributed by atoms with Gasteiger partial charge in [0.15, 0.2) is 0 Å². The molecule has 1 aliphatic carbocycles. The Labute approximate surface area is 240 Å². The second-order valence-corrected chi connectivity index (χ2v) is 12.0. The summed E-state index contributed by atoms with van der Waals surface area (Å²) in [6.45, 7) is 4.24. The highest BCUT2D eigenvalue weighted by Gasteiger charge is 2.51. The van der Waals surface area contributed by atoms with E-state index in [-0.39, 0.29) is 25.4 Å². The molecule has 224 valence electrons. The predicted molar refractivity (Wildman–Crippen MR) is 146 cm³/mol. The van der Waals surface area contributed by atoms with Crippen molar-refractivity contribution in [3.63, 3.8) is 0 Å². The average molecular weight is 588 g/mol. The van der Waals surface area contributed by atoms with Gasteiger partial charge in [-0.05, 0) is 75.8 Å². The standard InChI is InChI=1S/C29H32F3N5O5/c1-27(2,3)42-26(41)36-11-5-6-20(15-36)37(25(40)29(30,31)32)16-22(38)34-19-9-8-17-13-28(14-18(17)12-19)21-7-4-10-33-23(21)35-24(28)39/h4,7-10,12,20H,5-6,11,13-16H2,1-3H3,(H,34,38)(H,33,35,39)/t20-,28+/m0/s1. The highest BCUT2D eigenvalue weighted by atomic mass is 19.4. The molecule has 0 radical (unpaired) electrons. The quantitative estimate of drug-likeness (QED) is 0.562. The Bertz CT molecular complexity index is 1440. The zero-order chi connectivity index (χ0) is 30.4. The Kier molecular flexibility index (Phi) is 7.40. The minimum atomic E-state index is -5.20. The first-order chi connectivity index (χ1) is 19.7. The summed E-state index contributed by atoms with van der Waals surface area (Å²) in [5, 5.41) is 5.43. The lowest BCUT2D eigenvalue weighted by molar-refractivity contribution is -0.189. The number of nitrogens with zero attached hydrogens (tertiary/aromatic N) is 3. The zero-order valence-corrected chi connectivity index (χ0v) is 23.5. The van der Waals surface area contributed by atoms with Gasteiger partial charge in [-0.15, -0.1) is 0 Å². The Morgan fingerprint density at radius 1 is 1.17 bits per heavy atom. The lowest BCUT2D eigenvalue weighted by Crippen LogP contribution is -2.56. The molecule has 2 N–H and O–H groups in total. The van der Waals surface area contributed by atoms with E-state index in [1.54, 1.807) is 51.2 Å². The molecule has 1 spiro atoms. The first-order valence-corrected chi connectivity index (χ1v) is 13.7. The van der Waals surface area contributed by atoms with Crippen molar-refractivity contribution in [1.29, 1.82) is 0 Å². The number of ether oxygens (including phenoxy) is 1. The van der Waals surface area contributed by atoms with Crippen molar-refractivity contribution < 1.29 is 37.1 Å². The Hall–Kier alpha value is -4.16. The molecule has 3 heterocycles. The number of benzene rings is 1. The molecule has 5 rings (SSSR count). The number of fused-ring (bicyclic) bond motifs is 3. The van der Waals surface area contributed by atoms with Crippen molar-refractivity contribution >= 4 is 35.3 Å². The molecule has 2 aromatic rings. The topological polar surface area (TPSA) is 121 Å². The van der Waals surface area contributed by atoms with E-state index in [2.05, 4.69) is 15.6 Å². The Morgan fingerprint density at radius 2 is 1.90 bits per heavy atom. The van der Waals surface area contributed by atoms with Crippen LogP contribution in [0.2, 0.25) is 0 Å². The highest BCUT2D eigenvalue weighted by molar-refractivity contribution is 6.06. The van der Waals surface area contributed by atoms with Crippen molar-refractivity contribution in [3.8, 4) is 0 Å². The number of amides is 4. The number of rotatable bonds is 4. The summed E-state index contributed by atoms with van der Waals surface area (Å²) in [7, 11) is 0. The fourth-order valence-corrected chi connectivity index (χ4v) is 5.93. The minimum absolute atomic E-state index is 0.160. The maximum atomic E-state index is 13.6. The number of halogens is 3. The van der Waals surface area contributed by atoms with Crippen LogP contribution in [0.25, 0.3) is 0 Å². The SMILES string of the molecule is CC(C)(C)OC(=O)N1CCC[C@H](N(CC(=O)Nc2ccc3c(c2)C[C@@]2(C3)C(=O)Nc3ncccc32)C(=O)C(F)(F)F)C1. The summed E-state index contributed by atoms with van der Waals surface area (Å²) >= 11 is 0. The summed E-state index contributed by atoms with van der Waals surface area (Å²) in [5.41, 5.74) is 1.25. The van der Waals surface area contributed by atoms with Crippen LogP contribution < -0.4 is 10.6 Å². The molecule has 10 nitrogen and oxygen atoms in total. The van der Waals surface area contributed by atoms with Gasteiger partial charge in [-0.3, -0.25) is 14.4 Å². The number of pyridine rings is 1. The van der Waals surface area contributed by atoms with Crippen LogP contribution in [-0.2, 0) is 37.4 Å². The average Bonchev–Trinajstić information content (AvgIpc) is 3.42. The van der Waals surface area contributed by atoms with E-state index in [0.717, 1.165) is 16.7 Å². The third kappa shape index (κ3) is 5.77. The van der Waals surface area contributed by atoms with Gasteiger partial charge >= 0.3 is 18.2 Å². The molecule has 0 unspecified atom stereocenters. The molecule has 0 saturated carbocycles. The third-order valence-corrected chi connectivity index (χ3v) is 7.77. The normalized spacial score (nSPS) is 21.4. The molecule has 1 aromatic heterocycles. The highest BCUT2D eigenvalue weighted by Crippen LogP contribution is 2.47. The second kappa shape index (κ2) is 10.6. The van der Waals surface area contributed by atoms with E-state index in [1.807, 2.05) is 6.07 Å². The van der Waals surface area contributed by atoms with Gasteiger partial charge in [0, 0.05) is 30.5 Å². The number of hydrogen-bond donors (Lipinski definition) is 2. The molecule has 2 atom stereocenters. The number of carbonyl (C=O) groups excluding carboxylic acids is 4. The van der Waals surface area contributed by atoms with Crippen LogP contribution in [0.4, 0.5) is 29.5 Å². The van der Waals surface area contributed by atoms with Gasteiger partial charge in [0.2, 0.25) is 11.8 Å². The number of alkyl halides is 3.